The van der Waals surface area contributed by atoms with E-state index in [1.807, 2.05) is 13.8 Å². The number of phenols is 1. The molecule has 3 rings (SSSR count). The molecule has 1 aliphatic heterocycles. The van der Waals surface area contributed by atoms with Crippen LogP contribution in [0.4, 0.5) is 0 Å². The number of benzene rings is 1. The lowest BCUT2D eigenvalue weighted by Gasteiger charge is -2.31. The van der Waals surface area contributed by atoms with Gasteiger partial charge in [-0.25, -0.2) is 0 Å². The quantitative estimate of drug-likeness (QED) is 0.813. The van der Waals surface area contributed by atoms with Gasteiger partial charge in [-0.15, -0.1) is 0 Å². The maximum atomic E-state index is 9.46. The maximum absolute atomic E-state index is 9.46. The van der Waals surface area contributed by atoms with Crippen LogP contribution in [0.15, 0.2) is 24.3 Å². The third-order valence-electron chi connectivity index (χ3n) is 5.45. The van der Waals surface area contributed by atoms with Gasteiger partial charge < -0.3 is 14.9 Å². The van der Waals surface area contributed by atoms with E-state index in [-0.39, 0.29) is 6.10 Å². The van der Waals surface area contributed by atoms with Gasteiger partial charge in [-0.1, -0.05) is 26.0 Å². The Bertz CT molecular complexity index is 441. The van der Waals surface area contributed by atoms with E-state index in [1.165, 1.54) is 37.7 Å². The molecule has 2 atom stereocenters. The summed E-state index contributed by atoms with van der Waals surface area (Å²) < 4.78 is 5.71. The van der Waals surface area contributed by atoms with Crippen LogP contribution in [-0.4, -0.2) is 29.0 Å². The van der Waals surface area contributed by atoms with Crippen molar-refractivity contribution < 1.29 is 14.9 Å². The van der Waals surface area contributed by atoms with Crippen molar-refractivity contribution in [1.29, 1.82) is 0 Å². The van der Waals surface area contributed by atoms with Crippen LogP contribution in [0.25, 0.3) is 0 Å². The molecule has 1 saturated carbocycles. The molecule has 3 nitrogen and oxygen atoms in total. The van der Waals surface area contributed by atoms with Crippen molar-refractivity contribution in [3.63, 3.8) is 0 Å². The van der Waals surface area contributed by atoms with Crippen molar-refractivity contribution in [3.8, 4) is 5.75 Å². The minimum absolute atomic E-state index is 0.239. The molecule has 3 heteroatoms. The Morgan fingerprint density at radius 2 is 1.58 bits per heavy atom. The molecule has 1 aromatic rings. The molecule has 136 valence electrons. The molecule has 0 amide bonds. The third-order valence-corrected chi connectivity index (χ3v) is 5.45. The van der Waals surface area contributed by atoms with Gasteiger partial charge in [0, 0.05) is 0 Å². The molecule has 2 aliphatic rings. The molecule has 24 heavy (non-hydrogen) atoms. The average molecular weight is 335 g/mol. The Labute approximate surface area is 147 Å². The van der Waals surface area contributed by atoms with Gasteiger partial charge in [-0.2, -0.15) is 0 Å². The van der Waals surface area contributed by atoms with Crippen molar-refractivity contribution in [1.82, 2.24) is 0 Å². The van der Waals surface area contributed by atoms with Crippen LogP contribution < -0.4 is 0 Å². The molecule has 0 radical (unpaired) electrons. The van der Waals surface area contributed by atoms with E-state index in [4.69, 9.17) is 4.74 Å². The first-order valence-electron chi connectivity index (χ1n) is 9.79. The SMILES string of the molecule is CC.Oc1ccc(C2CCC(CCC3CCC(O)CO3)CC2)cc1. The number of aromatic hydroxyl groups is 1. The summed E-state index contributed by atoms with van der Waals surface area (Å²) in [6, 6.07) is 7.75. The highest BCUT2D eigenvalue weighted by Gasteiger charge is 2.25. The second kappa shape index (κ2) is 10.0. The van der Waals surface area contributed by atoms with E-state index in [0.29, 0.717) is 24.4 Å². The Morgan fingerprint density at radius 1 is 0.917 bits per heavy atom. The van der Waals surface area contributed by atoms with Crippen LogP contribution in [0.5, 0.6) is 5.75 Å². The van der Waals surface area contributed by atoms with Gasteiger partial charge in [0.2, 0.25) is 0 Å². The highest BCUT2D eigenvalue weighted by Crippen LogP contribution is 2.38. The maximum Gasteiger partial charge on any atom is 0.115 e. The van der Waals surface area contributed by atoms with Crippen LogP contribution in [0.3, 0.4) is 0 Å². The molecule has 0 bridgehead atoms. The van der Waals surface area contributed by atoms with E-state index < -0.39 is 0 Å². The first-order chi connectivity index (χ1) is 11.7. The summed E-state index contributed by atoms with van der Waals surface area (Å²) in [5.74, 6) is 1.86. The molecule has 2 N–H and O–H groups in total. The van der Waals surface area contributed by atoms with Gasteiger partial charge in [0.15, 0.2) is 0 Å². The topological polar surface area (TPSA) is 49.7 Å². The second-order valence-corrected chi connectivity index (χ2v) is 7.07. The molecular formula is C21H34O3. The number of aliphatic hydroxyl groups is 1. The number of hydrogen-bond donors (Lipinski definition) is 2. The fourth-order valence-electron chi connectivity index (χ4n) is 3.97. The zero-order valence-electron chi connectivity index (χ0n) is 15.3. The van der Waals surface area contributed by atoms with Gasteiger partial charge in [0.1, 0.15) is 5.75 Å². The van der Waals surface area contributed by atoms with Gasteiger partial charge >= 0.3 is 0 Å². The number of hydrogen-bond acceptors (Lipinski definition) is 3. The molecule has 2 unspecified atom stereocenters. The minimum atomic E-state index is -0.239. The summed E-state index contributed by atoms with van der Waals surface area (Å²) in [6.45, 7) is 4.53. The zero-order chi connectivity index (χ0) is 17.4. The lowest BCUT2D eigenvalue weighted by molar-refractivity contribution is -0.0601. The first-order valence-corrected chi connectivity index (χ1v) is 9.79. The van der Waals surface area contributed by atoms with Gasteiger partial charge in [-0.3, -0.25) is 0 Å². The molecule has 2 fully saturated rings. The Morgan fingerprint density at radius 3 is 2.17 bits per heavy atom. The molecule has 0 spiro atoms. The summed E-state index contributed by atoms with van der Waals surface area (Å²) in [6.07, 6.45) is 9.61. The summed E-state index contributed by atoms with van der Waals surface area (Å²) in [5, 5.41) is 18.8. The monoisotopic (exact) mass is 334 g/mol. The molecule has 1 heterocycles. The van der Waals surface area contributed by atoms with Crippen molar-refractivity contribution in [2.45, 2.75) is 83.3 Å². The minimum Gasteiger partial charge on any atom is -0.508 e. The van der Waals surface area contributed by atoms with Gasteiger partial charge in [-0.05, 0) is 80.9 Å². The van der Waals surface area contributed by atoms with Crippen LogP contribution >= 0.6 is 0 Å². The normalized spacial score (nSPS) is 30.3. The Balaban J connectivity index is 0.00000100. The van der Waals surface area contributed by atoms with Crippen molar-refractivity contribution >= 4 is 0 Å². The number of rotatable bonds is 4. The number of phenolic OH excluding ortho intramolecular Hbond substituents is 1. The number of aliphatic hydroxyl groups excluding tert-OH is 1. The Hall–Kier alpha value is -1.06. The van der Waals surface area contributed by atoms with Crippen molar-refractivity contribution in [3.05, 3.63) is 29.8 Å². The number of ether oxygens (including phenoxy) is 1. The molecule has 1 saturated heterocycles. The van der Waals surface area contributed by atoms with Crippen LogP contribution in [0.1, 0.15) is 76.7 Å². The van der Waals surface area contributed by atoms with Crippen molar-refractivity contribution in [2.24, 2.45) is 5.92 Å². The molecule has 1 aliphatic carbocycles. The lowest BCUT2D eigenvalue weighted by atomic mass is 9.77. The summed E-state index contributed by atoms with van der Waals surface area (Å²) >= 11 is 0. The fraction of sp³-hybridized carbons (Fsp3) is 0.714. The lowest BCUT2D eigenvalue weighted by Crippen LogP contribution is -2.29. The standard InChI is InChI=1S/C19H28O3.C2H6/c20-17-8-6-16(7-9-17)15-4-1-14(2-5-15)3-11-19-12-10-18(21)13-22-19;1-2/h6-9,14-15,18-21H,1-5,10-13H2;1-2H3. The van der Waals surface area contributed by atoms with E-state index in [0.717, 1.165) is 25.2 Å². The predicted octanol–water partition coefficient (Wildman–Crippen LogP) is 5.01. The summed E-state index contributed by atoms with van der Waals surface area (Å²) in [7, 11) is 0. The molecule has 0 aromatic heterocycles. The van der Waals surface area contributed by atoms with Gasteiger partial charge in [0.05, 0.1) is 18.8 Å². The average Bonchev–Trinajstić information content (AvgIpc) is 2.64. The highest BCUT2D eigenvalue weighted by molar-refractivity contribution is 5.28. The molecule has 1 aromatic carbocycles. The highest BCUT2D eigenvalue weighted by atomic mass is 16.5. The van der Waals surface area contributed by atoms with Crippen LogP contribution in [0.2, 0.25) is 0 Å². The van der Waals surface area contributed by atoms with Crippen LogP contribution in [-0.2, 0) is 4.74 Å². The molecular weight excluding hydrogens is 300 g/mol. The smallest absolute Gasteiger partial charge is 0.115 e. The van der Waals surface area contributed by atoms with E-state index in [2.05, 4.69) is 12.1 Å². The largest absolute Gasteiger partial charge is 0.508 e. The van der Waals surface area contributed by atoms with E-state index in [1.54, 1.807) is 12.1 Å². The van der Waals surface area contributed by atoms with E-state index in [9.17, 15) is 10.2 Å². The van der Waals surface area contributed by atoms with Crippen LogP contribution in [0, 0.1) is 5.92 Å². The van der Waals surface area contributed by atoms with Crippen molar-refractivity contribution in [2.75, 3.05) is 6.61 Å². The second-order valence-electron chi connectivity index (χ2n) is 7.07. The van der Waals surface area contributed by atoms with Gasteiger partial charge in [0.25, 0.3) is 0 Å². The Kier molecular flexibility index (Phi) is 8.07. The predicted molar refractivity (Wildman–Crippen MR) is 98.4 cm³/mol. The summed E-state index contributed by atoms with van der Waals surface area (Å²) in [4.78, 5) is 0. The zero-order valence-corrected chi connectivity index (χ0v) is 15.3. The third kappa shape index (κ3) is 5.78. The fourth-order valence-corrected chi connectivity index (χ4v) is 3.97. The first kappa shape index (κ1) is 19.3. The van der Waals surface area contributed by atoms with E-state index >= 15 is 0 Å². The summed E-state index contributed by atoms with van der Waals surface area (Å²) in [5.41, 5.74) is 1.38.